The summed E-state index contributed by atoms with van der Waals surface area (Å²) < 4.78 is 43.3. The molecule has 3 amide bonds. The average Bonchev–Trinajstić information content (AvgIpc) is 2.80. The maximum Gasteiger partial charge on any atom is 0.416 e. The zero-order valence-corrected chi connectivity index (χ0v) is 17.7. The van der Waals surface area contributed by atoms with Gasteiger partial charge in [0.2, 0.25) is 0 Å². The lowest BCUT2D eigenvalue weighted by Crippen LogP contribution is -2.20. The topological polar surface area (TPSA) is 112 Å². The number of nitrogens with one attached hydrogen (secondary N) is 3. The third-order valence-corrected chi connectivity index (χ3v) is 4.44. The van der Waals surface area contributed by atoms with Gasteiger partial charge in [0, 0.05) is 16.9 Å². The highest BCUT2D eigenvalue weighted by Gasteiger charge is 2.30. The molecule has 4 N–H and O–H groups in total. The zero-order chi connectivity index (χ0) is 24.7. The average molecular weight is 472 g/mol. The second kappa shape index (κ2) is 10.4. The number of hydrazone groups is 1. The standard InChI is InChI=1S/C23H19F3N4O4/c1-34-20-11-14(5-10-19(20)31)13-27-30-21(32)15-6-8-17(9-7-15)28-22(33)29-18-4-2-3-16(12-18)23(24,25)26/h2-13,31H,1H3,(H,30,32)(H2,28,29,33). The molecule has 0 atom stereocenters. The van der Waals surface area contributed by atoms with Gasteiger partial charge in [0.15, 0.2) is 11.5 Å². The van der Waals surface area contributed by atoms with Gasteiger partial charge >= 0.3 is 12.2 Å². The van der Waals surface area contributed by atoms with Crippen LogP contribution in [0.25, 0.3) is 0 Å². The molecular weight excluding hydrogens is 453 g/mol. The number of phenolic OH excluding ortho intramolecular Hbond substituents is 1. The number of urea groups is 1. The van der Waals surface area contributed by atoms with Gasteiger partial charge in [0.05, 0.1) is 18.9 Å². The first-order valence-electron chi connectivity index (χ1n) is 9.71. The summed E-state index contributed by atoms with van der Waals surface area (Å²) in [5.74, 6) is -0.279. The monoisotopic (exact) mass is 472 g/mol. The number of hydrogen-bond acceptors (Lipinski definition) is 5. The maximum atomic E-state index is 12.8. The molecule has 0 saturated carbocycles. The van der Waals surface area contributed by atoms with Crippen LogP contribution in [-0.4, -0.2) is 30.4 Å². The molecule has 0 aromatic heterocycles. The number of hydrogen-bond donors (Lipinski definition) is 4. The molecule has 0 spiro atoms. The minimum Gasteiger partial charge on any atom is -0.504 e. The smallest absolute Gasteiger partial charge is 0.416 e. The molecule has 0 aliphatic rings. The number of halogens is 3. The summed E-state index contributed by atoms with van der Waals surface area (Å²) in [6, 6.07) is 13.8. The first-order chi connectivity index (χ1) is 16.2. The number of anilines is 2. The lowest BCUT2D eigenvalue weighted by molar-refractivity contribution is -0.137. The number of amides is 3. The van der Waals surface area contributed by atoms with Gasteiger partial charge in [-0.05, 0) is 66.2 Å². The fourth-order valence-electron chi connectivity index (χ4n) is 2.78. The Bertz CT molecular complexity index is 1210. The van der Waals surface area contributed by atoms with Gasteiger partial charge in [-0.1, -0.05) is 6.07 Å². The first-order valence-corrected chi connectivity index (χ1v) is 9.71. The maximum absolute atomic E-state index is 12.8. The second-order valence-electron chi connectivity index (χ2n) is 6.87. The molecule has 176 valence electrons. The van der Waals surface area contributed by atoms with E-state index in [4.69, 9.17) is 4.74 Å². The molecule has 0 bridgehead atoms. The number of nitrogens with zero attached hydrogens (tertiary/aromatic N) is 1. The number of rotatable bonds is 6. The molecule has 0 radical (unpaired) electrons. The largest absolute Gasteiger partial charge is 0.504 e. The Labute approximate surface area is 192 Å². The third-order valence-electron chi connectivity index (χ3n) is 4.44. The van der Waals surface area contributed by atoms with E-state index >= 15 is 0 Å². The van der Waals surface area contributed by atoms with Crippen molar-refractivity contribution in [3.8, 4) is 11.5 Å². The van der Waals surface area contributed by atoms with E-state index in [1.165, 1.54) is 61.9 Å². The normalized spacial score (nSPS) is 11.2. The molecule has 0 unspecified atom stereocenters. The van der Waals surface area contributed by atoms with E-state index in [9.17, 15) is 27.9 Å². The highest BCUT2D eigenvalue weighted by Crippen LogP contribution is 2.30. The van der Waals surface area contributed by atoms with Crippen molar-refractivity contribution < 1.29 is 32.6 Å². The van der Waals surface area contributed by atoms with E-state index in [2.05, 4.69) is 21.2 Å². The molecule has 3 rings (SSSR count). The quantitative estimate of drug-likeness (QED) is 0.304. The predicted molar refractivity (Wildman–Crippen MR) is 120 cm³/mol. The van der Waals surface area contributed by atoms with Crippen LogP contribution in [0.5, 0.6) is 11.5 Å². The van der Waals surface area contributed by atoms with Crippen LogP contribution in [0.4, 0.5) is 29.3 Å². The Kier molecular flexibility index (Phi) is 7.36. The van der Waals surface area contributed by atoms with Crippen molar-refractivity contribution in [2.45, 2.75) is 6.18 Å². The van der Waals surface area contributed by atoms with Crippen molar-refractivity contribution in [2.24, 2.45) is 5.10 Å². The molecule has 0 aliphatic heterocycles. The molecule has 11 heteroatoms. The number of phenols is 1. The van der Waals surface area contributed by atoms with Crippen LogP contribution >= 0.6 is 0 Å². The van der Waals surface area contributed by atoms with E-state index in [1.807, 2.05) is 0 Å². The van der Waals surface area contributed by atoms with Gasteiger partial charge in [0.25, 0.3) is 5.91 Å². The van der Waals surface area contributed by atoms with Crippen LogP contribution in [0.3, 0.4) is 0 Å². The van der Waals surface area contributed by atoms with Gasteiger partial charge in [-0.2, -0.15) is 18.3 Å². The lowest BCUT2D eigenvalue weighted by atomic mass is 10.2. The van der Waals surface area contributed by atoms with E-state index in [1.54, 1.807) is 6.07 Å². The van der Waals surface area contributed by atoms with Crippen LogP contribution in [0.15, 0.2) is 71.8 Å². The van der Waals surface area contributed by atoms with Gasteiger partial charge in [-0.15, -0.1) is 0 Å². The van der Waals surface area contributed by atoms with E-state index in [0.717, 1.165) is 12.1 Å². The Morgan fingerprint density at radius 3 is 2.35 bits per heavy atom. The summed E-state index contributed by atoms with van der Waals surface area (Å²) in [4.78, 5) is 24.3. The van der Waals surface area contributed by atoms with Crippen LogP contribution in [-0.2, 0) is 6.18 Å². The Morgan fingerprint density at radius 2 is 1.68 bits per heavy atom. The molecule has 3 aromatic rings. The second-order valence-corrected chi connectivity index (χ2v) is 6.87. The number of carbonyl (C=O) groups is 2. The van der Waals surface area contributed by atoms with Crippen molar-refractivity contribution in [3.63, 3.8) is 0 Å². The Balaban J connectivity index is 1.55. The molecule has 0 aliphatic carbocycles. The summed E-state index contributed by atoms with van der Waals surface area (Å²) in [6.07, 6.45) is -3.15. The highest BCUT2D eigenvalue weighted by molar-refractivity contribution is 6.00. The summed E-state index contributed by atoms with van der Waals surface area (Å²) in [5.41, 5.74) is 2.60. The lowest BCUT2D eigenvalue weighted by Gasteiger charge is -2.11. The predicted octanol–water partition coefficient (Wildman–Crippen LogP) is 4.83. The SMILES string of the molecule is COc1cc(C=NNC(=O)c2ccc(NC(=O)Nc3cccc(C(F)(F)F)c3)cc2)ccc1O. The summed E-state index contributed by atoms with van der Waals surface area (Å²) in [6.45, 7) is 0. The minimum atomic E-state index is -4.52. The molecule has 0 fully saturated rings. The fourth-order valence-corrected chi connectivity index (χ4v) is 2.78. The minimum absolute atomic E-state index is 0.0209. The van der Waals surface area contributed by atoms with Crippen molar-refractivity contribution in [1.82, 2.24) is 5.43 Å². The van der Waals surface area contributed by atoms with Crippen molar-refractivity contribution in [3.05, 3.63) is 83.4 Å². The zero-order valence-electron chi connectivity index (χ0n) is 17.7. The van der Waals surface area contributed by atoms with E-state index in [0.29, 0.717) is 11.3 Å². The third kappa shape index (κ3) is 6.48. The van der Waals surface area contributed by atoms with Crippen molar-refractivity contribution in [1.29, 1.82) is 0 Å². The molecule has 0 heterocycles. The number of methoxy groups -OCH3 is 1. The van der Waals surface area contributed by atoms with Gasteiger partial charge < -0.3 is 20.5 Å². The van der Waals surface area contributed by atoms with Gasteiger partial charge in [-0.3, -0.25) is 4.79 Å². The summed E-state index contributed by atoms with van der Waals surface area (Å²) in [5, 5.41) is 18.2. The fraction of sp³-hybridized carbons (Fsp3) is 0.0870. The van der Waals surface area contributed by atoms with Crippen LogP contribution in [0.1, 0.15) is 21.5 Å². The van der Waals surface area contributed by atoms with E-state index in [-0.39, 0.29) is 22.7 Å². The Morgan fingerprint density at radius 1 is 0.971 bits per heavy atom. The molecule has 0 saturated heterocycles. The molecule has 8 nitrogen and oxygen atoms in total. The van der Waals surface area contributed by atoms with Crippen LogP contribution in [0, 0.1) is 0 Å². The van der Waals surface area contributed by atoms with Crippen LogP contribution in [0.2, 0.25) is 0 Å². The van der Waals surface area contributed by atoms with Gasteiger partial charge in [0.1, 0.15) is 0 Å². The molecule has 34 heavy (non-hydrogen) atoms. The van der Waals surface area contributed by atoms with Gasteiger partial charge in [-0.25, -0.2) is 10.2 Å². The number of aromatic hydroxyl groups is 1. The summed E-state index contributed by atoms with van der Waals surface area (Å²) in [7, 11) is 1.41. The summed E-state index contributed by atoms with van der Waals surface area (Å²) >= 11 is 0. The highest BCUT2D eigenvalue weighted by atomic mass is 19.4. The first kappa shape index (κ1) is 24.1. The molecular formula is C23H19F3N4O4. The number of benzene rings is 3. The van der Waals surface area contributed by atoms with Crippen LogP contribution < -0.4 is 20.8 Å². The van der Waals surface area contributed by atoms with E-state index < -0.39 is 23.7 Å². The molecule has 3 aromatic carbocycles. The Hall–Kier alpha value is -4.54. The van der Waals surface area contributed by atoms with Crippen molar-refractivity contribution in [2.75, 3.05) is 17.7 Å². The number of ether oxygens (including phenoxy) is 1. The number of alkyl halides is 3. The number of carbonyl (C=O) groups excluding carboxylic acids is 2. The van der Waals surface area contributed by atoms with Crippen molar-refractivity contribution >= 4 is 29.5 Å².